The van der Waals surface area contributed by atoms with Crippen molar-refractivity contribution in [2.45, 2.75) is 45.4 Å². The first kappa shape index (κ1) is 20.2. The first-order valence-electron chi connectivity index (χ1n) is 9.98. The van der Waals surface area contributed by atoms with Crippen molar-refractivity contribution in [3.8, 4) is 11.5 Å². The van der Waals surface area contributed by atoms with Gasteiger partial charge in [0.1, 0.15) is 6.61 Å². The Kier molecular flexibility index (Phi) is 6.93. The Morgan fingerprint density at radius 1 is 1.18 bits per heavy atom. The normalized spacial score (nSPS) is 16.6. The molecule has 0 unspecified atom stereocenters. The molecule has 5 heteroatoms. The summed E-state index contributed by atoms with van der Waals surface area (Å²) in [4.78, 5) is 15.3. The molecular weight excluding hydrogens is 352 g/mol. The van der Waals surface area contributed by atoms with Gasteiger partial charge in [-0.25, -0.2) is 0 Å². The lowest BCUT2D eigenvalue weighted by atomic mass is 10.0. The molecule has 1 saturated heterocycles. The molecule has 0 spiro atoms. The first-order chi connectivity index (χ1) is 13.6. The molecule has 1 atom stereocenters. The number of hydrogen-bond acceptors (Lipinski definition) is 4. The maximum absolute atomic E-state index is 13.3. The molecule has 0 saturated carbocycles. The van der Waals surface area contributed by atoms with Gasteiger partial charge in [-0.15, -0.1) is 0 Å². The number of nitrogens with zero attached hydrogens (tertiary/aromatic N) is 1. The Labute approximate surface area is 167 Å². The summed E-state index contributed by atoms with van der Waals surface area (Å²) >= 11 is 0. The average molecular weight is 383 g/mol. The predicted octanol–water partition coefficient (Wildman–Crippen LogP) is 3.88. The predicted molar refractivity (Wildman–Crippen MR) is 111 cm³/mol. The van der Waals surface area contributed by atoms with Crippen LogP contribution in [0, 0.1) is 0 Å². The molecule has 0 bridgehead atoms. The molecule has 1 aliphatic heterocycles. The Hall–Kier alpha value is -2.53. The fraction of sp³-hybridized carbons (Fsp3) is 0.435. The number of hydrogen-bond donors (Lipinski definition) is 1. The Morgan fingerprint density at radius 2 is 1.96 bits per heavy atom. The molecule has 0 aliphatic carbocycles. The van der Waals surface area contributed by atoms with Crippen LogP contribution in [-0.4, -0.2) is 43.1 Å². The van der Waals surface area contributed by atoms with Gasteiger partial charge in [0.2, 0.25) is 0 Å². The average Bonchev–Trinajstić information content (AvgIpc) is 2.73. The van der Waals surface area contributed by atoms with E-state index in [0.717, 1.165) is 31.5 Å². The molecule has 1 heterocycles. The third kappa shape index (κ3) is 4.84. The van der Waals surface area contributed by atoms with Crippen molar-refractivity contribution in [3.05, 3.63) is 59.7 Å². The van der Waals surface area contributed by atoms with E-state index in [-0.39, 0.29) is 18.0 Å². The quantitative estimate of drug-likeness (QED) is 0.790. The van der Waals surface area contributed by atoms with Crippen LogP contribution in [0.1, 0.15) is 42.6 Å². The zero-order valence-corrected chi connectivity index (χ0v) is 17.0. The molecule has 150 valence electrons. The molecule has 5 nitrogen and oxygen atoms in total. The lowest BCUT2D eigenvalue weighted by Gasteiger charge is -2.37. The lowest BCUT2D eigenvalue weighted by Crippen LogP contribution is -2.51. The van der Waals surface area contributed by atoms with E-state index in [2.05, 4.69) is 19.2 Å². The van der Waals surface area contributed by atoms with E-state index in [4.69, 9.17) is 9.47 Å². The van der Waals surface area contributed by atoms with E-state index in [1.54, 1.807) is 13.2 Å². The molecule has 1 N–H and O–H groups in total. The number of piperidine rings is 1. The standard InChI is InChI=1S/C23H30N2O3/c1-17(2)25(20-10-7-13-24-15-20)23(26)19-11-12-21(27-3)22(14-19)28-16-18-8-5-4-6-9-18/h4-6,8-9,11-12,14,17,20,24H,7,10,13,15-16H2,1-3H3/t20-/m1/s1. The fourth-order valence-electron chi connectivity index (χ4n) is 3.70. The number of amides is 1. The maximum atomic E-state index is 13.3. The molecule has 1 aliphatic rings. The van der Waals surface area contributed by atoms with E-state index in [1.807, 2.05) is 47.4 Å². The summed E-state index contributed by atoms with van der Waals surface area (Å²) in [6.45, 7) is 6.44. The van der Waals surface area contributed by atoms with Gasteiger partial charge in [0.15, 0.2) is 11.5 Å². The molecule has 2 aromatic rings. The van der Waals surface area contributed by atoms with Gasteiger partial charge >= 0.3 is 0 Å². The third-order valence-electron chi connectivity index (χ3n) is 5.10. The van der Waals surface area contributed by atoms with Gasteiger partial charge in [0.05, 0.1) is 7.11 Å². The van der Waals surface area contributed by atoms with Gasteiger partial charge in [0, 0.05) is 24.2 Å². The van der Waals surface area contributed by atoms with Crippen LogP contribution >= 0.6 is 0 Å². The van der Waals surface area contributed by atoms with E-state index in [9.17, 15) is 4.79 Å². The zero-order chi connectivity index (χ0) is 19.9. The highest BCUT2D eigenvalue weighted by molar-refractivity contribution is 5.95. The van der Waals surface area contributed by atoms with Gasteiger partial charge in [-0.05, 0) is 57.0 Å². The van der Waals surface area contributed by atoms with Gasteiger partial charge < -0.3 is 19.7 Å². The highest BCUT2D eigenvalue weighted by atomic mass is 16.5. The summed E-state index contributed by atoms with van der Waals surface area (Å²) in [5, 5.41) is 3.41. The van der Waals surface area contributed by atoms with Crippen LogP contribution in [0.25, 0.3) is 0 Å². The van der Waals surface area contributed by atoms with Crippen molar-refractivity contribution in [1.29, 1.82) is 0 Å². The molecule has 2 aromatic carbocycles. The van der Waals surface area contributed by atoms with Crippen molar-refractivity contribution >= 4 is 5.91 Å². The lowest BCUT2D eigenvalue weighted by molar-refractivity contribution is 0.0573. The summed E-state index contributed by atoms with van der Waals surface area (Å²) in [6, 6.07) is 15.7. The second-order valence-corrected chi connectivity index (χ2v) is 7.45. The summed E-state index contributed by atoms with van der Waals surface area (Å²) < 4.78 is 11.4. The van der Waals surface area contributed by atoms with Crippen LogP contribution in [-0.2, 0) is 6.61 Å². The molecular formula is C23H30N2O3. The van der Waals surface area contributed by atoms with Crippen LogP contribution in [0.2, 0.25) is 0 Å². The molecule has 0 aromatic heterocycles. The first-order valence-corrected chi connectivity index (χ1v) is 9.98. The number of benzene rings is 2. The van der Waals surface area contributed by atoms with E-state index < -0.39 is 0 Å². The topological polar surface area (TPSA) is 50.8 Å². The Morgan fingerprint density at radius 3 is 2.61 bits per heavy atom. The van der Waals surface area contributed by atoms with Crippen LogP contribution in [0.4, 0.5) is 0 Å². The summed E-state index contributed by atoms with van der Waals surface area (Å²) in [5.74, 6) is 1.25. The van der Waals surface area contributed by atoms with Crippen molar-refractivity contribution in [1.82, 2.24) is 10.2 Å². The van der Waals surface area contributed by atoms with Crippen LogP contribution in [0.3, 0.4) is 0 Å². The summed E-state index contributed by atoms with van der Waals surface area (Å²) in [5.41, 5.74) is 1.70. The number of nitrogens with one attached hydrogen (secondary N) is 1. The minimum absolute atomic E-state index is 0.0379. The second-order valence-electron chi connectivity index (χ2n) is 7.45. The zero-order valence-electron chi connectivity index (χ0n) is 17.0. The van der Waals surface area contributed by atoms with E-state index in [1.165, 1.54) is 0 Å². The molecule has 3 rings (SSSR count). The van der Waals surface area contributed by atoms with E-state index in [0.29, 0.717) is 23.7 Å². The monoisotopic (exact) mass is 382 g/mol. The van der Waals surface area contributed by atoms with Gasteiger partial charge in [-0.1, -0.05) is 30.3 Å². The maximum Gasteiger partial charge on any atom is 0.254 e. The minimum atomic E-state index is 0.0379. The number of ether oxygens (including phenoxy) is 2. The van der Waals surface area contributed by atoms with Gasteiger partial charge in [0.25, 0.3) is 5.91 Å². The number of carbonyl (C=O) groups is 1. The highest BCUT2D eigenvalue weighted by Gasteiger charge is 2.28. The summed E-state index contributed by atoms with van der Waals surface area (Å²) in [6.07, 6.45) is 2.12. The summed E-state index contributed by atoms with van der Waals surface area (Å²) in [7, 11) is 1.61. The van der Waals surface area contributed by atoms with Crippen LogP contribution in [0.5, 0.6) is 11.5 Å². The van der Waals surface area contributed by atoms with E-state index >= 15 is 0 Å². The molecule has 1 amide bonds. The number of methoxy groups -OCH3 is 1. The molecule has 1 fully saturated rings. The Balaban J connectivity index is 1.81. The highest BCUT2D eigenvalue weighted by Crippen LogP contribution is 2.30. The van der Waals surface area contributed by atoms with Crippen LogP contribution < -0.4 is 14.8 Å². The Bertz CT molecular complexity index is 771. The van der Waals surface area contributed by atoms with Crippen molar-refractivity contribution in [2.24, 2.45) is 0 Å². The molecule has 28 heavy (non-hydrogen) atoms. The van der Waals surface area contributed by atoms with Crippen molar-refractivity contribution in [3.63, 3.8) is 0 Å². The fourth-order valence-corrected chi connectivity index (χ4v) is 3.70. The number of rotatable bonds is 7. The third-order valence-corrected chi connectivity index (χ3v) is 5.10. The number of carbonyl (C=O) groups excluding carboxylic acids is 1. The van der Waals surface area contributed by atoms with Crippen molar-refractivity contribution in [2.75, 3.05) is 20.2 Å². The minimum Gasteiger partial charge on any atom is -0.493 e. The SMILES string of the molecule is COc1ccc(C(=O)N(C(C)C)[C@@H]2CCCNC2)cc1OCc1ccccc1. The largest absolute Gasteiger partial charge is 0.493 e. The van der Waals surface area contributed by atoms with Crippen LogP contribution in [0.15, 0.2) is 48.5 Å². The molecule has 0 radical (unpaired) electrons. The van der Waals surface area contributed by atoms with Gasteiger partial charge in [-0.2, -0.15) is 0 Å². The van der Waals surface area contributed by atoms with Gasteiger partial charge in [-0.3, -0.25) is 4.79 Å². The van der Waals surface area contributed by atoms with Crippen molar-refractivity contribution < 1.29 is 14.3 Å². The smallest absolute Gasteiger partial charge is 0.254 e. The second kappa shape index (κ2) is 9.60.